The summed E-state index contributed by atoms with van der Waals surface area (Å²) < 4.78 is 3.39. The van der Waals surface area contributed by atoms with E-state index >= 15 is 0 Å². The first kappa shape index (κ1) is 15.1. The van der Waals surface area contributed by atoms with Gasteiger partial charge in [-0.3, -0.25) is 4.79 Å². The monoisotopic (exact) mass is 339 g/mol. The van der Waals surface area contributed by atoms with E-state index in [1.807, 2.05) is 24.5 Å². The van der Waals surface area contributed by atoms with Gasteiger partial charge in [0.15, 0.2) is 16.6 Å². The van der Waals surface area contributed by atoms with Gasteiger partial charge in [0.05, 0.1) is 6.54 Å². The van der Waals surface area contributed by atoms with Crippen LogP contribution in [0.25, 0.3) is 16.9 Å². The smallest absolute Gasteiger partial charge is 0.267 e. The van der Waals surface area contributed by atoms with Crippen molar-refractivity contribution in [3.8, 4) is 5.82 Å². The molecule has 3 aromatic rings. The number of hydrogen-bond acceptors (Lipinski definition) is 5. The fourth-order valence-electron chi connectivity index (χ4n) is 2.80. The molecule has 0 aromatic carbocycles. The van der Waals surface area contributed by atoms with Crippen LogP contribution < -0.4 is 5.56 Å². The topological polar surface area (TPSA) is 65.6 Å². The lowest BCUT2D eigenvalue weighted by atomic mass is 10.2. The first-order valence-corrected chi connectivity index (χ1v) is 9.06. The Hall–Kier alpha value is -2.41. The van der Waals surface area contributed by atoms with Gasteiger partial charge < -0.3 is 0 Å². The highest BCUT2D eigenvalue weighted by Crippen LogP contribution is 2.39. The van der Waals surface area contributed by atoms with Crippen molar-refractivity contribution in [2.24, 2.45) is 0 Å². The summed E-state index contributed by atoms with van der Waals surface area (Å²) in [6, 6.07) is 5.94. The van der Waals surface area contributed by atoms with E-state index in [1.165, 1.54) is 24.6 Å². The van der Waals surface area contributed by atoms with E-state index in [2.05, 4.69) is 16.5 Å². The maximum absolute atomic E-state index is 12.7. The molecular formula is C17H17N5OS. The van der Waals surface area contributed by atoms with Gasteiger partial charge >= 0.3 is 0 Å². The Kier molecular flexibility index (Phi) is 3.72. The molecule has 24 heavy (non-hydrogen) atoms. The lowest BCUT2D eigenvalue weighted by molar-refractivity contribution is 0.594. The molecule has 0 saturated heterocycles. The van der Waals surface area contributed by atoms with Crippen molar-refractivity contribution in [1.82, 2.24) is 24.3 Å². The molecule has 3 aromatic heterocycles. The van der Waals surface area contributed by atoms with Gasteiger partial charge in [-0.25, -0.2) is 24.3 Å². The molecule has 0 unspecified atom stereocenters. The summed E-state index contributed by atoms with van der Waals surface area (Å²) in [7, 11) is 0. The summed E-state index contributed by atoms with van der Waals surface area (Å²) in [6.07, 6.45) is 7.57. The second-order valence-corrected chi connectivity index (χ2v) is 6.55. The third-order valence-corrected chi connectivity index (χ3v) is 4.67. The molecule has 1 aliphatic rings. The zero-order chi connectivity index (χ0) is 16.7. The Morgan fingerprint density at radius 1 is 1.38 bits per heavy atom. The molecule has 0 N–H and O–H groups in total. The molecule has 4 rings (SSSR count). The first-order valence-electron chi connectivity index (χ1n) is 7.83. The zero-order valence-corrected chi connectivity index (χ0v) is 14.2. The second-order valence-electron chi connectivity index (χ2n) is 5.78. The summed E-state index contributed by atoms with van der Waals surface area (Å²) in [5.41, 5.74) is 1.53. The minimum Gasteiger partial charge on any atom is -0.267 e. The van der Waals surface area contributed by atoms with Crippen molar-refractivity contribution in [3.63, 3.8) is 0 Å². The Labute approximate surface area is 143 Å². The molecule has 1 aliphatic carbocycles. The van der Waals surface area contributed by atoms with Crippen molar-refractivity contribution < 1.29 is 0 Å². The van der Waals surface area contributed by atoms with Crippen molar-refractivity contribution in [1.29, 1.82) is 0 Å². The van der Waals surface area contributed by atoms with Crippen LogP contribution in [0.3, 0.4) is 0 Å². The number of pyridine rings is 1. The van der Waals surface area contributed by atoms with Crippen LogP contribution in [0.5, 0.6) is 0 Å². The average Bonchev–Trinajstić information content (AvgIpc) is 3.42. The Morgan fingerprint density at radius 3 is 2.92 bits per heavy atom. The lowest BCUT2D eigenvalue weighted by Gasteiger charge is -2.11. The number of rotatable bonds is 5. The number of aromatic nitrogens is 5. The second kappa shape index (κ2) is 5.90. The Bertz CT molecular complexity index is 986. The SMILES string of the molecule is C=CCn1c(=O)c2cnc(SC)nc2n1-c1cccc(C2CC2)n1. The van der Waals surface area contributed by atoms with Gasteiger partial charge in [0, 0.05) is 17.8 Å². The van der Waals surface area contributed by atoms with Gasteiger partial charge in [-0.05, 0) is 31.2 Å². The van der Waals surface area contributed by atoms with Crippen LogP contribution in [0.15, 0.2) is 47.0 Å². The molecule has 0 radical (unpaired) electrons. The standard InChI is InChI=1S/C17H17N5OS/c1-3-9-21-16(23)12-10-18-17(24-2)20-15(12)22(21)14-6-4-5-13(19-14)11-7-8-11/h3-6,10-11H,1,7-9H2,2H3. The van der Waals surface area contributed by atoms with Crippen molar-refractivity contribution in [2.75, 3.05) is 6.26 Å². The molecule has 3 heterocycles. The zero-order valence-electron chi connectivity index (χ0n) is 13.3. The van der Waals surface area contributed by atoms with E-state index in [9.17, 15) is 4.79 Å². The summed E-state index contributed by atoms with van der Waals surface area (Å²) in [5, 5.41) is 1.12. The predicted molar refractivity (Wildman–Crippen MR) is 94.9 cm³/mol. The van der Waals surface area contributed by atoms with E-state index in [-0.39, 0.29) is 5.56 Å². The number of fused-ring (bicyclic) bond motifs is 1. The summed E-state index contributed by atoms with van der Waals surface area (Å²) in [4.78, 5) is 26.3. The van der Waals surface area contributed by atoms with Gasteiger partial charge in [-0.2, -0.15) is 0 Å². The Balaban J connectivity index is 2.01. The van der Waals surface area contributed by atoms with E-state index in [1.54, 1.807) is 21.6 Å². The molecule has 0 atom stereocenters. The summed E-state index contributed by atoms with van der Waals surface area (Å²) >= 11 is 1.45. The fourth-order valence-corrected chi connectivity index (χ4v) is 3.13. The van der Waals surface area contributed by atoms with Crippen molar-refractivity contribution in [2.45, 2.75) is 30.5 Å². The molecule has 0 bridgehead atoms. The van der Waals surface area contributed by atoms with Crippen LogP contribution in [0.1, 0.15) is 24.5 Å². The third-order valence-electron chi connectivity index (χ3n) is 4.11. The predicted octanol–water partition coefficient (Wildman–Crippen LogP) is 2.76. The lowest BCUT2D eigenvalue weighted by Crippen LogP contribution is -2.22. The van der Waals surface area contributed by atoms with Crippen LogP contribution in [-0.4, -0.2) is 30.6 Å². The molecule has 1 fully saturated rings. The van der Waals surface area contributed by atoms with Gasteiger partial charge in [0.25, 0.3) is 5.56 Å². The molecule has 0 aliphatic heterocycles. The van der Waals surface area contributed by atoms with Gasteiger partial charge in [0.2, 0.25) is 0 Å². The average molecular weight is 339 g/mol. The number of hydrogen-bond donors (Lipinski definition) is 0. The van der Waals surface area contributed by atoms with Gasteiger partial charge in [0.1, 0.15) is 5.39 Å². The normalized spacial score (nSPS) is 14.2. The van der Waals surface area contributed by atoms with Crippen LogP contribution in [0, 0.1) is 0 Å². The highest BCUT2D eigenvalue weighted by atomic mass is 32.2. The molecule has 6 nitrogen and oxygen atoms in total. The number of nitrogens with zero attached hydrogens (tertiary/aromatic N) is 5. The maximum Gasteiger partial charge on any atom is 0.278 e. The molecule has 122 valence electrons. The molecular weight excluding hydrogens is 322 g/mol. The highest BCUT2D eigenvalue weighted by molar-refractivity contribution is 7.98. The molecule has 0 spiro atoms. The van der Waals surface area contributed by atoms with Crippen LogP contribution >= 0.6 is 11.8 Å². The quantitative estimate of drug-likeness (QED) is 0.406. The minimum atomic E-state index is -0.129. The van der Waals surface area contributed by atoms with Gasteiger partial charge in [-0.15, -0.1) is 6.58 Å². The maximum atomic E-state index is 12.7. The van der Waals surface area contributed by atoms with Crippen molar-refractivity contribution >= 4 is 22.8 Å². The Morgan fingerprint density at radius 2 is 2.21 bits per heavy atom. The van der Waals surface area contributed by atoms with E-state index < -0.39 is 0 Å². The van der Waals surface area contributed by atoms with Crippen LogP contribution in [0.4, 0.5) is 0 Å². The van der Waals surface area contributed by atoms with Crippen LogP contribution in [-0.2, 0) is 6.54 Å². The summed E-state index contributed by atoms with van der Waals surface area (Å²) in [5.74, 6) is 1.25. The van der Waals surface area contributed by atoms with E-state index in [4.69, 9.17) is 4.98 Å². The van der Waals surface area contributed by atoms with E-state index in [0.29, 0.717) is 34.5 Å². The largest absolute Gasteiger partial charge is 0.278 e. The molecule has 7 heteroatoms. The minimum absolute atomic E-state index is 0.129. The third kappa shape index (κ3) is 2.45. The van der Waals surface area contributed by atoms with Crippen LogP contribution in [0.2, 0.25) is 0 Å². The fraction of sp³-hybridized carbons (Fsp3) is 0.294. The molecule has 1 saturated carbocycles. The highest BCUT2D eigenvalue weighted by Gasteiger charge is 2.26. The van der Waals surface area contributed by atoms with Crippen molar-refractivity contribution in [3.05, 3.63) is 53.1 Å². The van der Waals surface area contributed by atoms with Gasteiger partial charge in [-0.1, -0.05) is 23.9 Å². The first-order chi connectivity index (χ1) is 11.7. The molecule has 0 amide bonds. The number of allylic oxidation sites excluding steroid dienone is 1. The summed E-state index contributed by atoms with van der Waals surface area (Å²) in [6.45, 7) is 4.15. The van der Waals surface area contributed by atoms with E-state index in [0.717, 1.165) is 5.69 Å². The number of thioether (sulfide) groups is 1.